The van der Waals surface area contributed by atoms with E-state index >= 15 is 0 Å². The summed E-state index contributed by atoms with van der Waals surface area (Å²) < 4.78 is 5.42. The van der Waals surface area contributed by atoms with E-state index < -0.39 is 0 Å². The van der Waals surface area contributed by atoms with Crippen LogP contribution in [0.1, 0.15) is 24.9 Å². The number of aliphatic hydroxyl groups is 1. The molecule has 1 fully saturated rings. The molecule has 106 valence electrons. The zero-order valence-corrected chi connectivity index (χ0v) is 11.3. The minimum absolute atomic E-state index is 0.0456. The molecule has 0 spiro atoms. The van der Waals surface area contributed by atoms with Gasteiger partial charge in [0.05, 0.1) is 12.0 Å². The Morgan fingerprint density at radius 2 is 2.00 bits per heavy atom. The Morgan fingerprint density at radius 3 is 2.70 bits per heavy atom. The van der Waals surface area contributed by atoms with E-state index in [1.807, 2.05) is 25.1 Å². The van der Waals surface area contributed by atoms with E-state index in [0.29, 0.717) is 12.0 Å². The van der Waals surface area contributed by atoms with E-state index in [0.717, 1.165) is 11.1 Å². The molecule has 1 saturated heterocycles. The van der Waals surface area contributed by atoms with Gasteiger partial charge in [-0.2, -0.15) is 0 Å². The molecule has 3 unspecified atom stereocenters. The number of benzene rings is 1. The largest absolute Gasteiger partial charge is 0.441 e. The maximum atomic E-state index is 11.9. The Kier molecular flexibility index (Phi) is 3.56. The fourth-order valence-electron chi connectivity index (χ4n) is 3.02. The van der Waals surface area contributed by atoms with Gasteiger partial charge in [0.2, 0.25) is 0 Å². The summed E-state index contributed by atoms with van der Waals surface area (Å²) >= 11 is 0. The van der Waals surface area contributed by atoms with Crippen molar-refractivity contribution in [2.75, 3.05) is 6.61 Å². The third-order valence-electron chi connectivity index (χ3n) is 4.04. The summed E-state index contributed by atoms with van der Waals surface area (Å²) in [4.78, 5) is 11.9. The van der Waals surface area contributed by atoms with Crippen molar-refractivity contribution >= 4 is 5.97 Å². The summed E-state index contributed by atoms with van der Waals surface area (Å²) in [5, 5.41) is 9.10. The first-order chi connectivity index (χ1) is 9.72. The molecule has 2 aliphatic heterocycles. The van der Waals surface area contributed by atoms with Crippen LogP contribution < -0.4 is 10.9 Å². The minimum Gasteiger partial charge on any atom is -0.441 e. The summed E-state index contributed by atoms with van der Waals surface area (Å²) in [6, 6.07) is 10.1. The topological polar surface area (TPSA) is 70.6 Å². The molecular weight excluding hydrogens is 256 g/mol. The van der Waals surface area contributed by atoms with Gasteiger partial charge in [0.15, 0.2) is 6.23 Å². The van der Waals surface area contributed by atoms with Crippen molar-refractivity contribution in [3.63, 3.8) is 0 Å². The molecule has 0 saturated carbocycles. The second kappa shape index (κ2) is 5.36. The van der Waals surface area contributed by atoms with Crippen molar-refractivity contribution in [2.24, 2.45) is 5.92 Å². The lowest BCUT2D eigenvalue weighted by atomic mass is 9.83. The number of fused-ring (bicyclic) bond motifs is 1. The first-order valence-electron chi connectivity index (χ1n) is 6.80. The molecule has 5 heteroatoms. The number of hydrogen-bond donors (Lipinski definition) is 3. The highest BCUT2D eigenvalue weighted by Crippen LogP contribution is 2.39. The normalized spacial score (nSPS) is 29.3. The number of esters is 1. The number of nitrogens with one attached hydrogen (secondary N) is 2. The summed E-state index contributed by atoms with van der Waals surface area (Å²) in [7, 11) is 0. The molecule has 2 aliphatic rings. The molecule has 2 heterocycles. The first-order valence-corrected chi connectivity index (χ1v) is 6.80. The number of ether oxygens (including phenoxy) is 1. The molecule has 0 aliphatic carbocycles. The molecule has 0 amide bonds. The lowest BCUT2D eigenvalue weighted by molar-refractivity contribution is -0.149. The highest BCUT2D eigenvalue weighted by molar-refractivity contribution is 5.90. The quantitative estimate of drug-likeness (QED) is 0.718. The van der Waals surface area contributed by atoms with Gasteiger partial charge in [0.25, 0.3) is 0 Å². The Balaban J connectivity index is 1.96. The van der Waals surface area contributed by atoms with Crippen LogP contribution in [0.15, 0.2) is 41.5 Å². The van der Waals surface area contributed by atoms with Gasteiger partial charge in [-0.15, -0.1) is 0 Å². The highest BCUT2D eigenvalue weighted by Gasteiger charge is 2.44. The van der Waals surface area contributed by atoms with Crippen LogP contribution in [-0.4, -0.2) is 23.9 Å². The summed E-state index contributed by atoms with van der Waals surface area (Å²) in [6.07, 6.45) is -0.00906. The van der Waals surface area contributed by atoms with E-state index in [2.05, 4.69) is 23.0 Å². The fraction of sp³-hybridized carbons (Fsp3) is 0.400. The molecule has 5 nitrogen and oxygen atoms in total. The zero-order chi connectivity index (χ0) is 14.1. The van der Waals surface area contributed by atoms with Gasteiger partial charge in [-0.3, -0.25) is 0 Å². The molecule has 1 aromatic rings. The monoisotopic (exact) mass is 274 g/mol. The third kappa shape index (κ3) is 2.14. The Morgan fingerprint density at radius 1 is 1.25 bits per heavy atom. The van der Waals surface area contributed by atoms with Crippen LogP contribution in [0, 0.1) is 5.92 Å². The van der Waals surface area contributed by atoms with Gasteiger partial charge >= 0.3 is 5.97 Å². The second-order valence-electron chi connectivity index (χ2n) is 5.16. The number of hydrogen-bond acceptors (Lipinski definition) is 5. The van der Waals surface area contributed by atoms with Crippen LogP contribution in [0.3, 0.4) is 0 Å². The molecule has 0 aromatic heterocycles. The van der Waals surface area contributed by atoms with Gasteiger partial charge in [-0.05, 0) is 12.5 Å². The molecule has 1 aromatic carbocycles. The average Bonchev–Trinajstić information content (AvgIpc) is 2.88. The number of carbonyl (C=O) groups excluding carboxylic acids is 1. The molecule has 0 radical (unpaired) electrons. The summed E-state index contributed by atoms with van der Waals surface area (Å²) in [5.41, 5.74) is 8.98. The van der Waals surface area contributed by atoms with Crippen molar-refractivity contribution in [3.8, 4) is 0 Å². The van der Waals surface area contributed by atoms with E-state index in [1.54, 1.807) is 0 Å². The molecular formula is C15H18N2O3. The van der Waals surface area contributed by atoms with Crippen LogP contribution in [0.5, 0.6) is 0 Å². The van der Waals surface area contributed by atoms with Gasteiger partial charge in [-0.25, -0.2) is 15.6 Å². The van der Waals surface area contributed by atoms with Crippen molar-refractivity contribution in [1.29, 1.82) is 0 Å². The Labute approximate surface area is 117 Å². The predicted molar refractivity (Wildman–Crippen MR) is 73.2 cm³/mol. The number of rotatable bonds is 3. The van der Waals surface area contributed by atoms with Crippen LogP contribution in [0.25, 0.3) is 0 Å². The van der Waals surface area contributed by atoms with E-state index in [4.69, 9.17) is 9.84 Å². The summed E-state index contributed by atoms with van der Waals surface area (Å²) in [6.45, 7) is 1.91. The molecule has 20 heavy (non-hydrogen) atoms. The number of carbonyl (C=O) groups is 1. The average molecular weight is 274 g/mol. The third-order valence-corrected chi connectivity index (χ3v) is 4.04. The summed E-state index contributed by atoms with van der Waals surface area (Å²) in [5.74, 6) is -0.280. The SMILES string of the molecule is CC1=C(CCO)C(=O)OC2NNC(c3ccccc3)C12. The maximum absolute atomic E-state index is 11.9. The zero-order valence-electron chi connectivity index (χ0n) is 11.3. The first kappa shape index (κ1) is 13.3. The van der Waals surface area contributed by atoms with E-state index in [9.17, 15) is 4.79 Å². The maximum Gasteiger partial charge on any atom is 0.335 e. The Bertz CT molecular complexity index is 541. The highest BCUT2D eigenvalue weighted by atomic mass is 16.6. The Hall–Kier alpha value is -1.69. The lowest BCUT2D eigenvalue weighted by Crippen LogP contribution is -2.40. The standard InChI is InChI=1S/C15H18N2O3/c1-9-11(7-8-18)15(19)20-14-12(9)13(16-17-14)10-5-3-2-4-6-10/h2-6,12-14,16-18H,7-8H2,1H3. The van der Waals surface area contributed by atoms with Crippen molar-refractivity contribution in [3.05, 3.63) is 47.0 Å². The molecule has 3 rings (SSSR count). The van der Waals surface area contributed by atoms with Crippen molar-refractivity contribution in [2.45, 2.75) is 25.6 Å². The molecule has 3 N–H and O–H groups in total. The van der Waals surface area contributed by atoms with Crippen LogP contribution in [-0.2, 0) is 9.53 Å². The van der Waals surface area contributed by atoms with Gasteiger partial charge in [0, 0.05) is 18.6 Å². The van der Waals surface area contributed by atoms with Gasteiger partial charge < -0.3 is 9.84 Å². The number of aliphatic hydroxyl groups excluding tert-OH is 1. The van der Waals surface area contributed by atoms with Crippen LogP contribution in [0.4, 0.5) is 0 Å². The second-order valence-corrected chi connectivity index (χ2v) is 5.16. The minimum atomic E-state index is -0.352. The number of hydrazine groups is 1. The predicted octanol–water partition coefficient (Wildman–Crippen LogP) is 1.03. The van der Waals surface area contributed by atoms with Gasteiger partial charge in [-0.1, -0.05) is 35.9 Å². The fourth-order valence-corrected chi connectivity index (χ4v) is 3.02. The van der Waals surface area contributed by atoms with Gasteiger partial charge in [0.1, 0.15) is 0 Å². The van der Waals surface area contributed by atoms with Crippen LogP contribution in [0.2, 0.25) is 0 Å². The van der Waals surface area contributed by atoms with E-state index in [-0.39, 0.29) is 30.8 Å². The molecule has 0 bridgehead atoms. The lowest BCUT2D eigenvalue weighted by Gasteiger charge is -2.30. The van der Waals surface area contributed by atoms with E-state index in [1.165, 1.54) is 0 Å². The van der Waals surface area contributed by atoms with Crippen molar-refractivity contribution < 1.29 is 14.6 Å². The van der Waals surface area contributed by atoms with Crippen molar-refractivity contribution in [1.82, 2.24) is 10.9 Å². The smallest absolute Gasteiger partial charge is 0.335 e. The van der Waals surface area contributed by atoms with Crippen LogP contribution >= 0.6 is 0 Å². The molecule has 3 atom stereocenters.